The summed E-state index contributed by atoms with van der Waals surface area (Å²) in [7, 11) is -2.43. The molecule has 0 bridgehead atoms. The van der Waals surface area contributed by atoms with Crippen LogP contribution < -0.4 is 4.90 Å². The first kappa shape index (κ1) is 32.0. The van der Waals surface area contributed by atoms with E-state index >= 15 is 0 Å². The number of benzene rings is 2. The molecule has 0 N–H and O–H groups in total. The SMILES string of the molecule is CCOC(=O)c1cc(N=Nc2ccc([N+](=O)[O-])cc2)sc1N=Nc1ccc(N(CC)CCC2=CCC(=S(=O)=O)C=C2F)cc1. The fraction of sp³-hybridized carbons (Fsp3) is 0.241. The number of nitrogens with zero attached hydrogens (tertiary/aromatic N) is 6. The third-order valence-corrected chi connectivity index (χ3v) is 8.00. The monoisotopic (exact) mass is 638 g/mol. The summed E-state index contributed by atoms with van der Waals surface area (Å²) in [6.07, 6.45) is 3.27. The van der Waals surface area contributed by atoms with Gasteiger partial charge in [0.25, 0.3) is 5.69 Å². The minimum absolute atomic E-state index is 0.0307. The highest BCUT2D eigenvalue weighted by Crippen LogP contribution is 2.39. The number of non-ortho nitro benzene ring substituents is 1. The summed E-state index contributed by atoms with van der Waals surface area (Å²) in [6, 6.07) is 14.3. The van der Waals surface area contributed by atoms with Gasteiger partial charge in [-0.3, -0.25) is 10.1 Å². The number of hydrogen-bond donors (Lipinski definition) is 0. The van der Waals surface area contributed by atoms with Crippen LogP contribution in [-0.4, -0.2) is 43.9 Å². The van der Waals surface area contributed by atoms with E-state index in [0.29, 0.717) is 41.5 Å². The second-order valence-corrected chi connectivity index (χ2v) is 11.2. The van der Waals surface area contributed by atoms with Crippen LogP contribution >= 0.6 is 11.3 Å². The van der Waals surface area contributed by atoms with Crippen LogP contribution in [0.4, 0.5) is 37.1 Å². The van der Waals surface area contributed by atoms with Crippen LogP contribution in [0.15, 0.2) is 98.6 Å². The topological polar surface area (TPSA) is 156 Å². The van der Waals surface area contributed by atoms with Crippen molar-refractivity contribution in [3.05, 3.63) is 93.8 Å². The smallest absolute Gasteiger partial charge is 0.341 e. The number of nitro groups is 1. The summed E-state index contributed by atoms with van der Waals surface area (Å²) in [5.74, 6) is -1.12. The van der Waals surface area contributed by atoms with Gasteiger partial charge in [-0.15, -0.1) is 20.5 Å². The maximum atomic E-state index is 14.4. The van der Waals surface area contributed by atoms with Crippen molar-refractivity contribution >= 4 is 65.2 Å². The van der Waals surface area contributed by atoms with Gasteiger partial charge in [0, 0.05) is 37.3 Å². The van der Waals surface area contributed by atoms with E-state index in [2.05, 4.69) is 25.4 Å². The molecule has 12 nitrogen and oxygen atoms in total. The molecule has 1 heterocycles. The molecular formula is C29H27FN6O6S2. The predicted octanol–water partition coefficient (Wildman–Crippen LogP) is 8.12. The summed E-state index contributed by atoms with van der Waals surface area (Å²) in [5, 5.41) is 28.2. The van der Waals surface area contributed by atoms with Crippen molar-refractivity contribution in [2.24, 2.45) is 20.5 Å². The molecule has 0 saturated carbocycles. The van der Waals surface area contributed by atoms with Crippen molar-refractivity contribution in [3.63, 3.8) is 0 Å². The molecule has 4 rings (SSSR count). The number of anilines is 1. The minimum atomic E-state index is -2.43. The fourth-order valence-corrected chi connectivity index (χ4v) is 5.32. The number of thiophene rings is 1. The van der Waals surface area contributed by atoms with Crippen molar-refractivity contribution in [2.75, 3.05) is 24.6 Å². The number of nitro benzene ring substituents is 1. The van der Waals surface area contributed by atoms with Crippen LogP contribution in [0.3, 0.4) is 0 Å². The number of azo groups is 2. The zero-order valence-electron chi connectivity index (χ0n) is 23.7. The molecule has 3 aromatic rings. The summed E-state index contributed by atoms with van der Waals surface area (Å²) >= 11 is 1.08. The van der Waals surface area contributed by atoms with Crippen LogP contribution in [0.2, 0.25) is 0 Å². The van der Waals surface area contributed by atoms with Gasteiger partial charge in [0.1, 0.15) is 16.4 Å². The Labute approximate surface area is 257 Å². The molecular weight excluding hydrogens is 611 g/mol. The average molecular weight is 639 g/mol. The molecule has 228 valence electrons. The lowest BCUT2D eigenvalue weighted by Gasteiger charge is -2.24. The van der Waals surface area contributed by atoms with E-state index in [0.717, 1.165) is 23.1 Å². The average Bonchev–Trinajstić information content (AvgIpc) is 3.44. The molecule has 44 heavy (non-hydrogen) atoms. The van der Waals surface area contributed by atoms with Crippen molar-refractivity contribution in [1.82, 2.24) is 0 Å². The van der Waals surface area contributed by atoms with Gasteiger partial charge in [0.05, 0.1) is 27.8 Å². The van der Waals surface area contributed by atoms with E-state index in [1.54, 1.807) is 25.1 Å². The predicted molar refractivity (Wildman–Crippen MR) is 166 cm³/mol. The third kappa shape index (κ3) is 8.35. The van der Waals surface area contributed by atoms with E-state index < -0.39 is 27.0 Å². The van der Waals surface area contributed by atoms with Gasteiger partial charge in [-0.2, -0.15) is 8.42 Å². The quantitative estimate of drug-likeness (QED) is 0.0637. The zero-order chi connectivity index (χ0) is 31.6. The number of ether oxygens (including phenoxy) is 1. The van der Waals surface area contributed by atoms with Gasteiger partial charge in [0.2, 0.25) is 10.3 Å². The molecule has 2 aromatic carbocycles. The summed E-state index contributed by atoms with van der Waals surface area (Å²) in [6.45, 7) is 5.02. The Balaban J connectivity index is 1.46. The van der Waals surface area contributed by atoms with E-state index in [1.165, 1.54) is 30.3 Å². The van der Waals surface area contributed by atoms with Crippen molar-refractivity contribution < 1.29 is 27.3 Å². The molecule has 0 aliphatic heterocycles. The second kappa shape index (κ2) is 15.0. The summed E-state index contributed by atoms with van der Waals surface area (Å²) < 4.78 is 41.7. The molecule has 1 aliphatic rings. The number of carbonyl (C=O) groups excluding carboxylic acids is 1. The Hall–Kier alpha value is -4.89. The highest BCUT2D eigenvalue weighted by atomic mass is 32.2. The van der Waals surface area contributed by atoms with Crippen LogP contribution in [-0.2, 0) is 15.0 Å². The first-order chi connectivity index (χ1) is 21.2. The fourth-order valence-electron chi connectivity index (χ4n) is 4.11. The number of rotatable bonds is 12. The molecule has 0 unspecified atom stereocenters. The van der Waals surface area contributed by atoms with E-state index in [9.17, 15) is 27.7 Å². The molecule has 1 aliphatic carbocycles. The highest BCUT2D eigenvalue weighted by Gasteiger charge is 2.18. The van der Waals surface area contributed by atoms with Crippen molar-refractivity contribution in [3.8, 4) is 0 Å². The molecule has 0 fully saturated rings. The van der Waals surface area contributed by atoms with E-state index in [4.69, 9.17) is 4.74 Å². The first-order valence-corrected chi connectivity index (χ1v) is 15.3. The normalized spacial score (nSPS) is 13.2. The second-order valence-electron chi connectivity index (χ2n) is 9.17. The van der Waals surface area contributed by atoms with Gasteiger partial charge >= 0.3 is 5.97 Å². The first-order valence-electron chi connectivity index (χ1n) is 13.4. The van der Waals surface area contributed by atoms with Crippen molar-refractivity contribution in [1.29, 1.82) is 0 Å². The Morgan fingerprint density at radius 1 is 1.05 bits per heavy atom. The van der Waals surface area contributed by atoms with Gasteiger partial charge in [0.15, 0.2) is 5.00 Å². The van der Waals surface area contributed by atoms with Gasteiger partial charge in [-0.25, -0.2) is 9.18 Å². The molecule has 0 amide bonds. The minimum Gasteiger partial charge on any atom is -0.462 e. The number of esters is 1. The largest absolute Gasteiger partial charge is 0.462 e. The van der Waals surface area contributed by atoms with E-state index in [-0.39, 0.29) is 34.1 Å². The summed E-state index contributed by atoms with van der Waals surface area (Å²) in [4.78, 5) is 25.0. The Kier molecular flexibility index (Phi) is 10.9. The maximum absolute atomic E-state index is 14.4. The molecule has 0 atom stereocenters. The molecule has 0 saturated heterocycles. The zero-order valence-corrected chi connectivity index (χ0v) is 25.3. The Morgan fingerprint density at radius 3 is 2.30 bits per heavy atom. The number of carbonyl (C=O) groups is 1. The molecule has 0 spiro atoms. The van der Waals surface area contributed by atoms with Crippen LogP contribution in [0.25, 0.3) is 0 Å². The van der Waals surface area contributed by atoms with Crippen molar-refractivity contribution in [2.45, 2.75) is 26.7 Å². The Bertz CT molecular complexity index is 1790. The highest BCUT2D eigenvalue weighted by molar-refractivity contribution is 7.73. The number of halogens is 1. The lowest BCUT2D eigenvalue weighted by Crippen LogP contribution is -2.24. The molecule has 1 aromatic heterocycles. The number of allylic oxidation sites excluding steroid dienone is 3. The van der Waals surface area contributed by atoms with E-state index in [1.807, 2.05) is 19.1 Å². The van der Waals surface area contributed by atoms with Gasteiger partial charge < -0.3 is 9.64 Å². The Morgan fingerprint density at radius 2 is 1.70 bits per heavy atom. The number of hydrogen-bond acceptors (Lipinski definition) is 12. The molecule has 15 heteroatoms. The van der Waals surface area contributed by atoms with Crippen LogP contribution in [0.5, 0.6) is 0 Å². The standard InChI is InChI=1S/C29H27FN6O6S2/c1-3-35(16-15-19-5-14-24(44(40)41)17-26(19)30)22-10-6-21(7-11-22)32-34-28-25(29(37)42-4-2)18-27(43-28)33-31-20-8-12-23(13-9-20)36(38)39/h5-13,17-18H,3-4,14-16H2,1-2H3. The van der Waals surface area contributed by atoms with Crippen LogP contribution in [0.1, 0.15) is 37.0 Å². The molecule has 0 radical (unpaired) electrons. The van der Waals surface area contributed by atoms with Gasteiger partial charge in [-0.1, -0.05) is 17.4 Å². The lowest BCUT2D eigenvalue weighted by atomic mass is 10.0. The lowest BCUT2D eigenvalue weighted by molar-refractivity contribution is -0.384. The third-order valence-electron chi connectivity index (χ3n) is 6.38. The summed E-state index contributed by atoms with van der Waals surface area (Å²) in [5.41, 5.74) is 2.40. The maximum Gasteiger partial charge on any atom is 0.341 e. The van der Waals surface area contributed by atoms with Gasteiger partial charge in [-0.05, 0) is 74.4 Å². The van der Waals surface area contributed by atoms with Crippen LogP contribution in [0, 0.1) is 10.1 Å².